The predicted molar refractivity (Wildman–Crippen MR) is 113 cm³/mol. The Balaban J connectivity index is 1.32. The first-order valence-corrected chi connectivity index (χ1v) is 12.3. The molecule has 2 saturated carbocycles. The standard InChI is InChI=1S/C24H40N2O3/c27-22(25-14-16-29-17-15-25)11-9-21-18-26(19-24(21)12-4-1-5-13-24)23(28)10-8-20-6-2-3-7-20/h20-21H,1-19H2. The van der Waals surface area contributed by atoms with Gasteiger partial charge in [0.1, 0.15) is 0 Å². The molecule has 0 N–H and O–H groups in total. The lowest BCUT2D eigenvalue weighted by molar-refractivity contribution is -0.135. The number of nitrogens with zero attached hydrogens (tertiary/aromatic N) is 2. The average molecular weight is 405 g/mol. The third kappa shape index (κ3) is 5.15. The van der Waals surface area contributed by atoms with E-state index in [2.05, 4.69) is 4.90 Å². The summed E-state index contributed by atoms with van der Waals surface area (Å²) in [5.41, 5.74) is 0.284. The smallest absolute Gasteiger partial charge is 0.222 e. The van der Waals surface area contributed by atoms with Crippen molar-refractivity contribution in [1.82, 2.24) is 9.80 Å². The second kappa shape index (κ2) is 9.80. The van der Waals surface area contributed by atoms with Gasteiger partial charge in [-0.05, 0) is 42.9 Å². The van der Waals surface area contributed by atoms with Crippen LogP contribution >= 0.6 is 0 Å². The normalized spacial score (nSPS) is 27.7. The van der Waals surface area contributed by atoms with Crippen LogP contribution in [0, 0.1) is 17.3 Å². The number of amides is 2. The minimum atomic E-state index is 0.283. The Kier molecular flexibility index (Phi) is 7.15. The molecule has 0 radical (unpaired) electrons. The van der Waals surface area contributed by atoms with Gasteiger partial charge in [0.05, 0.1) is 13.2 Å². The SMILES string of the molecule is O=C(CCC1CN(C(=O)CCC2CCCC2)CC12CCCCC2)N1CCOCC1. The molecule has 2 saturated heterocycles. The van der Waals surface area contributed by atoms with Crippen LogP contribution in [0.3, 0.4) is 0 Å². The molecule has 2 heterocycles. The molecule has 1 spiro atoms. The number of morpholine rings is 1. The molecule has 1 atom stereocenters. The van der Waals surface area contributed by atoms with Crippen molar-refractivity contribution in [3.63, 3.8) is 0 Å². The second-order valence-electron chi connectivity index (χ2n) is 10.1. The van der Waals surface area contributed by atoms with Crippen molar-refractivity contribution in [1.29, 1.82) is 0 Å². The summed E-state index contributed by atoms with van der Waals surface area (Å²) in [5.74, 6) is 1.95. The topological polar surface area (TPSA) is 49.9 Å². The molecule has 2 aliphatic heterocycles. The van der Waals surface area contributed by atoms with E-state index in [9.17, 15) is 9.59 Å². The summed E-state index contributed by atoms with van der Waals surface area (Å²) >= 11 is 0. The molecule has 5 nitrogen and oxygen atoms in total. The minimum Gasteiger partial charge on any atom is -0.378 e. The van der Waals surface area contributed by atoms with E-state index in [-0.39, 0.29) is 11.3 Å². The highest BCUT2D eigenvalue weighted by atomic mass is 16.5. The Bertz CT molecular complexity index is 560. The van der Waals surface area contributed by atoms with Crippen LogP contribution in [0.15, 0.2) is 0 Å². The fourth-order valence-electron chi connectivity index (χ4n) is 6.50. The summed E-state index contributed by atoms with van der Waals surface area (Å²) in [6.45, 7) is 4.65. The van der Waals surface area contributed by atoms with Gasteiger partial charge >= 0.3 is 0 Å². The zero-order chi connectivity index (χ0) is 20.1. The third-order valence-electron chi connectivity index (χ3n) is 8.33. The van der Waals surface area contributed by atoms with Crippen molar-refractivity contribution in [2.45, 2.75) is 83.5 Å². The molecule has 0 bridgehead atoms. The van der Waals surface area contributed by atoms with Gasteiger partial charge in [-0.25, -0.2) is 0 Å². The summed E-state index contributed by atoms with van der Waals surface area (Å²) in [6, 6.07) is 0. The molecule has 0 aromatic heterocycles. The van der Waals surface area contributed by atoms with E-state index >= 15 is 0 Å². The highest BCUT2D eigenvalue weighted by molar-refractivity contribution is 5.77. The Morgan fingerprint density at radius 3 is 2.21 bits per heavy atom. The van der Waals surface area contributed by atoms with Gasteiger partial charge in [0, 0.05) is 39.0 Å². The van der Waals surface area contributed by atoms with E-state index in [0.717, 1.165) is 51.4 Å². The van der Waals surface area contributed by atoms with Crippen LogP contribution in [-0.4, -0.2) is 61.0 Å². The van der Waals surface area contributed by atoms with E-state index < -0.39 is 0 Å². The van der Waals surface area contributed by atoms with Crippen molar-refractivity contribution in [3.05, 3.63) is 0 Å². The maximum absolute atomic E-state index is 13.0. The number of hydrogen-bond donors (Lipinski definition) is 0. The Hall–Kier alpha value is -1.10. The number of likely N-dealkylation sites (tertiary alicyclic amines) is 1. The Labute approximate surface area is 176 Å². The van der Waals surface area contributed by atoms with Gasteiger partial charge < -0.3 is 14.5 Å². The monoisotopic (exact) mass is 404 g/mol. The molecule has 4 fully saturated rings. The molecular formula is C24H40N2O3. The predicted octanol–water partition coefficient (Wildman–Crippen LogP) is 4.00. The lowest BCUT2D eigenvalue weighted by Crippen LogP contribution is -2.41. The molecule has 0 aromatic rings. The molecule has 0 aromatic carbocycles. The molecule has 2 amide bonds. The number of carbonyl (C=O) groups is 2. The number of carbonyl (C=O) groups excluding carboxylic acids is 2. The first kappa shape index (κ1) is 21.1. The van der Waals surface area contributed by atoms with Gasteiger partial charge in [-0.2, -0.15) is 0 Å². The Morgan fingerprint density at radius 1 is 0.828 bits per heavy atom. The van der Waals surface area contributed by atoms with Crippen LogP contribution in [0.2, 0.25) is 0 Å². The molecule has 4 rings (SSSR count). The van der Waals surface area contributed by atoms with Gasteiger partial charge in [-0.15, -0.1) is 0 Å². The molecule has 2 aliphatic carbocycles. The summed E-state index contributed by atoms with van der Waals surface area (Å²) in [5, 5.41) is 0. The van der Waals surface area contributed by atoms with Gasteiger partial charge in [-0.3, -0.25) is 9.59 Å². The fraction of sp³-hybridized carbons (Fsp3) is 0.917. The zero-order valence-electron chi connectivity index (χ0n) is 18.2. The van der Waals surface area contributed by atoms with Gasteiger partial charge in [-0.1, -0.05) is 44.9 Å². The van der Waals surface area contributed by atoms with Gasteiger partial charge in [0.2, 0.25) is 11.8 Å². The van der Waals surface area contributed by atoms with Crippen molar-refractivity contribution < 1.29 is 14.3 Å². The van der Waals surface area contributed by atoms with E-state index in [4.69, 9.17) is 4.74 Å². The molecule has 4 aliphatic rings. The fourth-order valence-corrected chi connectivity index (χ4v) is 6.50. The Morgan fingerprint density at radius 2 is 1.48 bits per heavy atom. The minimum absolute atomic E-state index is 0.283. The molecular weight excluding hydrogens is 364 g/mol. The number of ether oxygens (including phenoxy) is 1. The van der Waals surface area contributed by atoms with Crippen molar-refractivity contribution in [3.8, 4) is 0 Å². The second-order valence-corrected chi connectivity index (χ2v) is 10.1. The summed E-state index contributed by atoms with van der Waals surface area (Å²) < 4.78 is 5.38. The van der Waals surface area contributed by atoms with Crippen molar-refractivity contribution >= 4 is 11.8 Å². The highest BCUT2D eigenvalue weighted by Gasteiger charge is 2.47. The van der Waals surface area contributed by atoms with Crippen LogP contribution in [0.5, 0.6) is 0 Å². The first-order chi connectivity index (χ1) is 14.2. The van der Waals surface area contributed by atoms with Crippen LogP contribution in [0.1, 0.15) is 83.5 Å². The molecule has 5 heteroatoms. The van der Waals surface area contributed by atoms with Crippen LogP contribution < -0.4 is 0 Å². The highest BCUT2D eigenvalue weighted by Crippen LogP contribution is 2.49. The number of rotatable bonds is 6. The van der Waals surface area contributed by atoms with Crippen LogP contribution in [0.25, 0.3) is 0 Å². The van der Waals surface area contributed by atoms with Gasteiger partial charge in [0.15, 0.2) is 0 Å². The maximum Gasteiger partial charge on any atom is 0.222 e. The lowest BCUT2D eigenvalue weighted by Gasteiger charge is -2.38. The lowest BCUT2D eigenvalue weighted by atomic mass is 9.66. The van der Waals surface area contributed by atoms with E-state index in [0.29, 0.717) is 31.5 Å². The maximum atomic E-state index is 13.0. The van der Waals surface area contributed by atoms with E-state index in [1.165, 1.54) is 57.8 Å². The number of hydrogen-bond acceptors (Lipinski definition) is 3. The average Bonchev–Trinajstić information content (AvgIpc) is 3.40. The molecule has 1 unspecified atom stereocenters. The summed E-state index contributed by atoms with van der Waals surface area (Å²) in [6.07, 6.45) is 15.2. The van der Waals surface area contributed by atoms with Crippen LogP contribution in [-0.2, 0) is 14.3 Å². The largest absolute Gasteiger partial charge is 0.378 e. The molecule has 164 valence electrons. The first-order valence-electron chi connectivity index (χ1n) is 12.3. The quantitative estimate of drug-likeness (QED) is 0.672. The third-order valence-corrected chi connectivity index (χ3v) is 8.33. The van der Waals surface area contributed by atoms with E-state index in [1.807, 2.05) is 4.90 Å². The van der Waals surface area contributed by atoms with Crippen LogP contribution in [0.4, 0.5) is 0 Å². The van der Waals surface area contributed by atoms with Gasteiger partial charge in [0.25, 0.3) is 0 Å². The summed E-state index contributed by atoms with van der Waals surface area (Å²) in [4.78, 5) is 29.8. The van der Waals surface area contributed by atoms with Crippen molar-refractivity contribution in [2.24, 2.45) is 17.3 Å². The van der Waals surface area contributed by atoms with Crippen molar-refractivity contribution in [2.75, 3.05) is 39.4 Å². The zero-order valence-corrected chi connectivity index (χ0v) is 18.2. The van der Waals surface area contributed by atoms with E-state index in [1.54, 1.807) is 0 Å². The summed E-state index contributed by atoms with van der Waals surface area (Å²) in [7, 11) is 0. The molecule has 29 heavy (non-hydrogen) atoms.